The Balaban J connectivity index is 2.01. The number of H-pyrrole nitrogens is 1. The highest BCUT2D eigenvalue weighted by molar-refractivity contribution is 6.62. The molecule has 0 atom stereocenters. The van der Waals surface area contributed by atoms with Gasteiger partial charge in [0.2, 0.25) is 5.56 Å². The van der Waals surface area contributed by atoms with Crippen LogP contribution < -0.4 is 11.0 Å². The first-order valence-electron chi connectivity index (χ1n) is 7.39. The van der Waals surface area contributed by atoms with E-state index in [0.29, 0.717) is 11.4 Å². The van der Waals surface area contributed by atoms with Gasteiger partial charge in [0.25, 0.3) is 0 Å². The topological polar surface area (TPSA) is 51.3 Å². The molecule has 0 radical (unpaired) electrons. The third kappa shape index (κ3) is 2.04. The minimum absolute atomic E-state index is 0.0899. The standard InChI is InChI=1S/C15H22BNO3/c1-14(2)15(3,4)20-16(19-14)12-11(10-6-5-7-10)8-9-17-13(12)18/h8-10H,5-7H2,1-4H3,(H,17,18). The highest BCUT2D eigenvalue weighted by Gasteiger charge is 2.53. The van der Waals surface area contributed by atoms with Crippen LogP contribution in [-0.4, -0.2) is 23.3 Å². The monoisotopic (exact) mass is 275 g/mol. The van der Waals surface area contributed by atoms with Crippen molar-refractivity contribution in [2.24, 2.45) is 0 Å². The van der Waals surface area contributed by atoms with Crippen molar-refractivity contribution < 1.29 is 9.31 Å². The molecule has 3 rings (SSSR count). The zero-order chi connectivity index (χ0) is 14.5. The van der Waals surface area contributed by atoms with E-state index in [1.54, 1.807) is 6.20 Å². The number of aromatic nitrogens is 1. The van der Waals surface area contributed by atoms with Gasteiger partial charge in [-0.15, -0.1) is 0 Å². The smallest absolute Gasteiger partial charge is 0.399 e. The molecule has 1 aliphatic heterocycles. The Kier molecular flexibility index (Phi) is 3.10. The highest BCUT2D eigenvalue weighted by atomic mass is 16.7. The van der Waals surface area contributed by atoms with Gasteiger partial charge in [-0.05, 0) is 58.1 Å². The Morgan fingerprint density at radius 1 is 1.20 bits per heavy atom. The third-order valence-corrected chi connectivity index (χ3v) is 5.07. The van der Waals surface area contributed by atoms with Crippen molar-refractivity contribution in [1.82, 2.24) is 4.98 Å². The van der Waals surface area contributed by atoms with E-state index in [-0.39, 0.29) is 5.56 Å². The normalized spacial score (nSPS) is 24.7. The van der Waals surface area contributed by atoms with Gasteiger partial charge in [0.1, 0.15) is 0 Å². The maximum absolute atomic E-state index is 12.3. The third-order valence-electron chi connectivity index (χ3n) is 5.07. The van der Waals surface area contributed by atoms with E-state index in [4.69, 9.17) is 9.31 Å². The summed E-state index contributed by atoms with van der Waals surface area (Å²) in [7, 11) is -0.569. The van der Waals surface area contributed by atoms with E-state index < -0.39 is 18.3 Å². The number of nitrogens with one attached hydrogen (secondary N) is 1. The Hall–Kier alpha value is -1.07. The number of hydrogen-bond acceptors (Lipinski definition) is 3. The van der Waals surface area contributed by atoms with Gasteiger partial charge in [0, 0.05) is 6.20 Å². The fraction of sp³-hybridized carbons (Fsp3) is 0.667. The fourth-order valence-corrected chi connectivity index (χ4v) is 2.79. The minimum Gasteiger partial charge on any atom is -0.399 e. The largest absolute Gasteiger partial charge is 0.500 e. The Morgan fingerprint density at radius 2 is 1.80 bits per heavy atom. The summed E-state index contributed by atoms with van der Waals surface area (Å²) in [6.45, 7) is 8.03. The second kappa shape index (κ2) is 4.47. The van der Waals surface area contributed by atoms with E-state index in [9.17, 15) is 4.79 Å². The van der Waals surface area contributed by atoms with Crippen LogP contribution >= 0.6 is 0 Å². The molecule has 1 aromatic rings. The molecule has 5 heteroatoms. The van der Waals surface area contributed by atoms with Crippen molar-refractivity contribution in [2.75, 3.05) is 0 Å². The van der Waals surface area contributed by atoms with Crippen LogP contribution in [0, 0.1) is 0 Å². The molecule has 1 saturated heterocycles. The summed E-state index contributed by atoms with van der Waals surface area (Å²) in [4.78, 5) is 15.0. The molecule has 2 aliphatic rings. The van der Waals surface area contributed by atoms with Gasteiger partial charge >= 0.3 is 7.12 Å². The number of hydrogen-bond donors (Lipinski definition) is 1. The van der Waals surface area contributed by atoms with Crippen molar-refractivity contribution in [3.8, 4) is 0 Å². The first kappa shape index (κ1) is 13.9. The lowest BCUT2D eigenvalue weighted by atomic mass is 9.69. The summed E-state index contributed by atoms with van der Waals surface area (Å²) >= 11 is 0. The van der Waals surface area contributed by atoms with Crippen LogP contribution in [0.5, 0.6) is 0 Å². The molecule has 2 fully saturated rings. The van der Waals surface area contributed by atoms with Crippen LogP contribution in [0.4, 0.5) is 0 Å². The summed E-state index contributed by atoms with van der Waals surface area (Å²) in [5.74, 6) is 0.478. The van der Waals surface area contributed by atoms with Crippen molar-refractivity contribution in [3.05, 3.63) is 28.2 Å². The predicted octanol–water partition coefficient (Wildman–Crippen LogP) is 1.94. The van der Waals surface area contributed by atoms with Crippen LogP contribution in [0.25, 0.3) is 0 Å². The van der Waals surface area contributed by atoms with Gasteiger partial charge in [-0.2, -0.15) is 0 Å². The molecular weight excluding hydrogens is 253 g/mol. The van der Waals surface area contributed by atoms with E-state index in [0.717, 1.165) is 18.4 Å². The highest BCUT2D eigenvalue weighted by Crippen LogP contribution is 2.39. The zero-order valence-corrected chi connectivity index (χ0v) is 12.7. The van der Waals surface area contributed by atoms with Gasteiger partial charge in [-0.1, -0.05) is 6.42 Å². The molecule has 1 saturated carbocycles. The predicted molar refractivity (Wildman–Crippen MR) is 79.4 cm³/mol. The molecule has 0 unspecified atom stereocenters. The first-order valence-corrected chi connectivity index (χ1v) is 7.39. The summed E-state index contributed by atoms with van der Waals surface area (Å²) in [6.07, 6.45) is 5.26. The lowest BCUT2D eigenvalue weighted by molar-refractivity contribution is 0.00578. The molecule has 0 bridgehead atoms. The quantitative estimate of drug-likeness (QED) is 0.839. The molecular formula is C15H22BNO3. The summed E-state index contributed by atoms with van der Waals surface area (Å²) < 4.78 is 12.1. The number of aromatic amines is 1. The van der Waals surface area contributed by atoms with E-state index in [1.165, 1.54) is 6.42 Å². The summed E-state index contributed by atoms with van der Waals surface area (Å²) in [5.41, 5.74) is 0.829. The van der Waals surface area contributed by atoms with Crippen LogP contribution in [0.15, 0.2) is 17.1 Å². The van der Waals surface area contributed by atoms with Gasteiger partial charge in [0.15, 0.2) is 0 Å². The van der Waals surface area contributed by atoms with Gasteiger partial charge in [-0.25, -0.2) is 0 Å². The lowest BCUT2D eigenvalue weighted by Gasteiger charge is -2.32. The van der Waals surface area contributed by atoms with E-state index >= 15 is 0 Å². The molecule has 0 amide bonds. The van der Waals surface area contributed by atoms with Crippen LogP contribution in [0.1, 0.15) is 58.4 Å². The Morgan fingerprint density at radius 3 is 2.30 bits per heavy atom. The van der Waals surface area contributed by atoms with E-state index in [1.807, 2.05) is 33.8 Å². The van der Waals surface area contributed by atoms with Crippen molar-refractivity contribution in [1.29, 1.82) is 0 Å². The van der Waals surface area contributed by atoms with Crippen molar-refractivity contribution in [2.45, 2.75) is 64.1 Å². The van der Waals surface area contributed by atoms with Crippen LogP contribution in [0.3, 0.4) is 0 Å². The van der Waals surface area contributed by atoms with Gasteiger partial charge < -0.3 is 14.3 Å². The van der Waals surface area contributed by atoms with E-state index in [2.05, 4.69) is 4.98 Å². The molecule has 0 aromatic carbocycles. The second-order valence-electron chi connectivity index (χ2n) is 6.89. The molecule has 2 heterocycles. The molecule has 1 aromatic heterocycles. The SMILES string of the molecule is CC1(C)OB(c2c(C3CCC3)cc[nH]c2=O)OC1(C)C. The number of rotatable bonds is 2. The summed E-state index contributed by atoms with van der Waals surface area (Å²) in [6, 6.07) is 2.01. The molecule has 4 nitrogen and oxygen atoms in total. The Bertz CT molecular complexity index is 559. The molecule has 20 heavy (non-hydrogen) atoms. The molecule has 1 aliphatic carbocycles. The average Bonchev–Trinajstić information content (AvgIpc) is 2.45. The first-order chi connectivity index (χ1) is 9.32. The fourth-order valence-electron chi connectivity index (χ4n) is 2.79. The van der Waals surface area contributed by atoms with Gasteiger partial charge in [-0.3, -0.25) is 4.79 Å². The maximum atomic E-state index is 12.3. The molecule has 0 spiro atoms. The van der Waals surface area contributed by atoms with Gasteiger partial charge in [0.05, 0.1) is 16.7 Å². The molecule has 108 valence electrons. The average molecular weight is 275 g/mol. The number of pyridine rings is 1. The summed E-state index contributed by atoms with van der Waals surface area (Å²) in [5, 5.41) is 0. The van der Waals surface area contributed by atoms with Crippen LogP contribution in [0.2, 0.25) is 0 Å². The van der Waals surface area contributed by atoms with Crippen LogP contribution in [-0.2, 0) is 9.31 Å². The Labute approximate surface area is 120 Å². The van der Waals surface area contributed by atoms with Crippen molar-refractivity contribution >= 4 is 12.6 Å². The second-order valence-corrected chi connectivity index (χ2v) is 6.89. The lowest BCUT2D eigenvalue weighted by Crippen LogP contribution is -2.48. The maximum Gasteiger partial charge on any atom is 0.500 e. The zero-order valence-electron chi connectivity index (χ0n) is 12.7. The molecule has 1 N–H and O–H groups in total. The van der Waals surface area contributed by atoms with Crippen molar-refractivity contribution in [3.63, 3.8) is 0 Å². The minimum atomic E-state index is -0.569.